The fourth-order valence-corrected chi connectivity index (χ4v) is 4.13. The van der Waals surface area contributed by atoms with Gasteiger partial charge in [-0.05, 0) is 24.3 Å². The van der Waals surface area contributed by atoms with Gasteiger partial charge in [-0.1, -0.05) is 13.3 Å². The third kappa shape index (κ3) is 2.34. The van der Waals surface area contributed by atoms with E-state index in [0.29, 0.717) is 19.4 Å². The highest BCUT2D eigenvalue weighted by Gasteiger charge is 2.48. The van der Waals surface area contributed by atoms with Crippen molar-refractivity contribution in [3.05, 3.63) is 17.8 Å². The van der Waals surface area contributed by atoms with Crippen LogP contribution in [0.4, 0.5) is 5.82 Å². The molecule has 0 aromatic carbocycles. The van der Waals surface area contributed by atoms with E-state index >= 15 is 0 Å². The molecule has 2 atom stereocenters. The lowest BCUT2D eigenvalue weighted by molar-refractivity contribution is -0.159. The summed E-state index contributed by atoms with van der Waals surface area (Å²) in [5.41, 5.74) is -0.152. The lowest BCUT2D eigenvalue weighted by Gasteiger charge is -2.43. The van der Waals surface area contributed by atoms with Crippen molar-refractivity contribution in [3.63, 3.8) is 0 Å². The largest absolute Gasteiger partial charge is 0.481 e. The maximum atomic E-state index is 11.7. The first-order valence-corrected chi connectivity index (χ1v) is 8.31. The van der Waals surface area contributed by atoms with Gasteiger partial charge in [0.2, 0.25) is 0 Å². The second kappa shape index (κ2) is 5.81. The quantitative estimate of drug-likeness (QED) is 0.897. The number of aliphatic hydroxyl groups is 1. The van der Waals surface area contributed by atoms with Crippen molar-refractivity contribution in [1.82, 2.24) is 9.97 Å². The molecule has 3 rings (SSSR count). The number of aliphatic hydroxyl groups excluding tert-OH is 1. The normalized spacial score (nSPS) is 25.5. The van der Waals surface area contributed by atoms with Gasteiger partial charge >= 0.3 is 5.97 Å². The summed E-state index contributed by atoms with van der Waals surface area (Å²) in [7, 11) is 0. The Balaban J connectivity index is 1.89. The number of fused-ring (bicyclic) bond motifs is 1. The molecule has 0 unspecified atom stereocenters. The number of carboxylic acid groups (broad SMARTS) is 1. The number of piperidine rings is 1. The Morgan fingerprint density at radius 3 is 3.05 bits per heavy atom. The van der Waals surface area contributed by atoms with Crippen LogP contribution in [0.25, 0.3) is 10.2 Å². The monoisotopic (exact) mass is 321 g/mol. The van der Waals surface area contributed by atoms with Gasteiger partial charge in [-0.3, -0.25) is 4.79 Å². The van der Waals surface area contributed by atoms with E-state index in [0.717, 1.165) is 22.5 Å². The Kier molecular flexibility index (Phi) is 4.01. The zero-order chi connectivity index (χ0) is 15.7. The topological polar surface area (TPSA) is 86.5 Å². The smallest absolute Gasteiger partial charge is 0.312 e. The van der Waals surface area contributed by atoms with Gasteiger partial charge in [0.25, 0.3) is 0 Å². The van der Waals surface area contributed by atoms with Gasteiger partial charge in [-0.15, -0.1) is 11.3 Å². The summed E-state index contributed by atoms with van der Waals surface area (Å²) < 4.78 is 0.980. The molecule has 2 aromatic heterocycles. The van der Waals surface area contributed by atoms with Crippen molar-refractivity contribution in [2.75, 3.05) is 18.0 Å². The molecule has 0 saturated carbocycles. The molecule has 0 bridgehead atoms. The van der Waals surface area contributed by atoms with Crippen LogP contribution < -0.4 is 4.90 Å². The maximum Gasteiger partial charge on any atom is 0.312 e. The van der Waals surface area contributed by atoms with E-state index in [1.807, 2.05) is 23.3 Å². The molecule has 22 heavy (non-hydrogen) atoms. The van der Waals surface area contributed by atoms with Gasteiger partial charge in [0.05, 0.1) is 21.7 Å². The highest BCUT2D eigenvalue weighted by atomic mass is 32.1. The van der Waals surface area contributed by atoms with Crippen molar-refractivity contribution in [3.8, 4) is 0 Å². The van der Waals surface area contributed by atoms with E-state index in [9.17, 15) is 15.0 Å². The molecule has 0 aliphatic carbocycles. The van der Waals surface area contributed by atoms with Crippen LogP contribution in [0.2, 0.25) is 0 Å². The number of hydrogen-bond acceptors (Lipinski definition) is 6. The number of hydrogen-bond donors (Lipinski definition) is 2. The summed E-state index contributed by atoms with van der Waals surface area (Å²) in [6, 6.07) is 1.93. The highest BCUT2D eigenvalue weighted by molar-refractivity contribution is 7.17. The first kappa shape index (κ1) is 15.2. The number of carbonyl (C=O) groups is 1. The van der Waals surface area contributed by atoms with Crippen LogP contribution in [0, 0.1) is 5.41 Å². The van der Waals surface area contributed by atoms with Crippen LogP contribution in [0.5, 0.6) is 0 Å². The first-order valence-electron chi connectivity index (χ1n) is 7.43. The van der Waals surface area contributed by atoms with E-state index in [4.69, 9.17) is 0 Å². The summed E-state index contributed by atoms with van der Waals surface area (Å²) in [6.07, 6.45) is 2.28. The van der Waals surface area contributed by atoms with Gasteiger partial charge in [-0.2, -0.15) is 0 Å². The van der Waals surface area contributed by atoms with Crippen LogP contribution in [0.3, 0.4) is 0 Å². The van der Waals surface area contributed by atoms with Crippen molar-refractivity contribution < 1.29 is 15.0 Å². The lowest BCUT2D eigenvalue weighted by Crippen LogP contribution is -2.55. The molecule has 2 N–H and O–H groups in total. The molecule has 0 amide bonds. The minimum Gasteiger partial charge on any atom is -0.481 e. The van der Waals surface area contributed by atoms with Crippen molar-refractivity contribution in [2.45, 2.75) is 32.3 Å². The van der Waals surface area contributed by atoms with E-state index in [1.165, 1.54) is 6.33 Å². The van der Waals surface area contributed by atoms with Crippen molar-refractivity contribution >= 4 is 33.3 Å². The second-order valence-electron chi connectivity index (χ2n) is 5.76. The molecule has 3 heterocycles. The van der Waals surface area contributed by atoms with Crippen LogP contribution >= 0.6 is 11.3 Å². The maximum absolute atomic E-state index is 11.7. The number of aliphatic carboxylic acids is 1. The van der Waals surface area contributed by atoms with Gasteiger partial charge < -0.3 is 15.1 Å². The fraction of sp³-hybridized carbons (Fsp3) is 0.533. The molecule has 6 nitrogen and oxygen atoms in total. The summed E-state index contributed by atoms with van der Waals surface area (Å²) in [5.74, 6) is -0.111. The number of aromatic nitrogens is 2. The zero-order valence-corrected chi connectivity index (χ0v) is 13.2. The minimum atomic E-state index is -1.03. The fourth-order valence-electron chi connectivity index (χ4n) is 3.26. The van der Waals surface area contributed by atoms with E-state index in [2.05, 4.69) is 9.97 Å². The number of rotatable bonds is 4. The molecule has 0 spiro atoms. The summed E-state index contributed by atoms with van der Waals surface area (Å²) in [5, 5.41) is 22.1. The molecular weight excluding hydrogens is 302 g/mol. The number of carboxylic acids is 1. The highest BCUT2D eigenvalue weighted by Crippen LogP contribution is 2.39. The second-order valence-corrected chi connectivity index (χ2v) is 6.67. The van der Waals surface area contributed by atoms with Crippen molar-refractivity contribution in [1.29, 1.82) is 0 Å². The van der Waals surface area contributed by atoms with Gasteiger partial charge in [-0.25, -0.2) is 9.97 Å². The average Bonchev–Trinajstić information content (AvgIpc) is 2.97. The van der Waals surface area contributed by atoms with E-state index < -0.39 is 17.5 Å². The van der Waals surface area contributed by atoms with Crippen LogP contribution in [-0.4, -0.2) is 45.3 Å². The predicted molar refractivity (Wildman–Crippen MR) is 85.2 cm³/mol. The summed E-state index contributed by atoms with van der Waals surface area (Å²) >= 11 is 1.56. The van der Waals surface area contributed by atoms with Gasteiger partial charge in [0.1, 0.15) is 12.1 Å². The third-order valence-corrected chi connectivity index (χ3v) is 5.40. The molecule has 7 heteroatoms. The Morgan fingerprint density at radius 1 is 1.55 bits per heavy atom. The summed E-state index contributed by atoms with van der Waals surface area (Å²) in [4.78, 5) is 22.2. The number of nitrogens with zero attached hydrogens (tertiary/aromatic N) is 3. The van der Waals surface area contributed by atoms with Crippen LogP contribution in [-0.2, 0) is 4.79 Å². The average molecular weight is 321 g/mol. The number of β-amino-alcohol motifs (C(OH)–C–C–N with tert-alkyl or cyclic N) is 1. The lowest BCUT2D eigenvalue weighted by atomic mass is 9.73. The van der Waals surface area contributed by atoms with Crippen LogP contribution in [0.1, 0.15) is 26.2 Å². The molecule has 2 aromatic rings. The van der Waals surface area contributed by atoms with E-state index in [-0.39, 0.29) is 6.54 Å². The van der Waals surface area contributed by atoms with E-state index in [1.54, 1.807) is 11.3 Å². The SMILES string of the molecule is CCC[C@]1(C(=O)O)CCN(c2ncnc3ccsc23)C[C@H]1O. The van der Waals surface area contributed by atoms with Gasteiger partial charge in [0, 0.05) is 13.1 Å². The molecule has 1 saturated heterocycles. The minimum absolute atomic E-state index is 0.288. The standard InChI is InChI=1S/C15H19N3O3S/c1-2-4-15(14(20)21)5-6-18(8-11(15)19)13-12-10(3-7-22-12)16-9-17-13/h3,7,9,11,19H,2,4-6,8H2,1H3,(H,20,21)/t11-,15+/m1/s1. The Bertz CT molecular complexity index is 689. The number of thiophene rings is 1. The zero-order valence-electron chi connectivity index (χ0n) is 12.4. The molecular formula is C15H19N3O3S. The number of anilines is 1. The Hall–Kier alpha value is -1.73. The Morgan fingerprint density at radius 2 is 2.36 bits per heavy atom. The van der Waals surface area contributed by atoms with Gasteiger partial charge in [0.15, 0.2) is 0 Å². The third-order valence-electron chi connectivity index (χ3n) is 4.50. The predicted octanol–water partition coefficient (Wildman–Crippen LogP) is 2.13. The molecule has 1 fully saturated rings. The van der Waals surface area contributed by atoms with Crippen molar-refractivity contribution in [2.24, 2.45) is 5.41 Å². The molecule has 1 aliphatic heterocycles. The Labute approximate surface area is 132 Å². The molecule has 1 aliphatic rings. The van der Waals surface area contributed by atoms with Crippen LogP contribution in [0.15, 0.2) is 17.8 Å². The molecule has 118 valence electrons. The first-order chi connectivity index (χ1) is 10.6. The summed E-state index contributed by atoms with van der Waals surface area (Å²) in [6.45, 7) is 2.81. The molecule has 0 radical (unpaired) electrons.